The molecule has 7 nitrogen and oxygen atoms in total. The van der Waals surface area contributed by atoms with Gasteiger partial charge in [-0.2, -0.15) is 10.1 Å². The van der Waals surface area contributed by atoms with Crippen LogP contribution in [0, 0.1) is 6.92 Å². The third kappa shape index (κ3) is 3.56. The molecule has 1 aromatic carbocycles. The van der Waals surface area contributed by atoms with Crippen molar-refractivity contribution in [3.8, 4) is 0 Å². The number of anilines is 3. The number of H-pyrrole nitrogens is 1. The molecule has 130 valence electrons. The highest BCUT2D eigenvalue weighted by Crippen LogP contribution is 2.22. The predicted octanol–water partition coefficient (Wildman–Crippen LogP) is 2.59. The lowest BCUT2D eigenvalue weighted by atomic mass is 10.2. The van der Waals surface area contributed by atoms with Crippen LogP contribution in [-0.4, -0.2) is 45.8 Å². The minimum absolute atomic E-state index is 0.437. The molecule has 1 saturated heterocycles. The summed E-state index contributed by atoms with van der Waals surface area (Å²) in [5.41, 5.74) is 2.97. The van der Waals surface area contributed by atoms with Crippen molar-refractivity contribution >= 4 is 28.4 Å². The number of aromatic nitrogens is 4. The van der Waals surface area contributed by atoms with E-state index in [-0.39, 0.29) is 0 Å². The van der Waals surface area contributed by atoms with Crippen molar-refractivity contribution in [3.05, 3.63) is 36.2 Å². The van der Waals surface area contributed by atoms with Crippen molar-refractivity contribution in [1.29, 1.82) is 0 Å². The molecule has 1 unspecified atom stereocenters. The molecule has 3 heterocycles. The zero-order chi connectivity index (χ0) is 17.2. The summed E-state index contributed by atoms with van der Waals surface area (Å²) < 4.78 is 0. The van der Waals surface area contributed by atoms with Crippen LogP contribution < -0.4 is 15.5 Å². The molecule has 7 heteroatoms. The third-order valence-electron chi connectivity index (χ3n) is 4.43. The Hall–Kier alpha value is -2.67. The highest BCUT2D eigenvalue weighted by Gasteiger charge is 2.17. The first kappa shape index (κ1) is 15.8. The number of rotatable bonds is 3. The number of benzene rings is 1. The van der Waals surface area contributed by atoms with Crippen molar-refractivity contribution in [2.45, 2.75) is 26.3 Å². The second-order valence-electron chi connectivity index (χ2n) is 6.65. The van der Waals surface area contributed by atoms with Gasteiger partial charge in [-0.25, -0.2) is 4.98 Å². The van der Waals surface area contributed by atoms with E-state index >= 15 is 0 Å². The van der Waals surface area contributed by atoms with Crippen molar-refractivity contribution < 1.29 is 0 Å². The summed E-state index contributed by atoms with van der Waals surface area (Å²) in [5.74, 6) is 1.61. The van der Waals surface area contributed by atoms with Crippen LogP contribution >= 0.6 is 0 Å². The molecule has 1 atom stereocenters. The highest BCUT2D eigenvalue weighted by atomic mass is 15.3. The van der Waals surface area contributed by atoms with Crippen LogP contribution in [0.3, 0.4) is 0 Å². The van der Waals surface area contributed by atoms with E-state index in [1.807, 2.05) is 31.3 Å². The molecule has 3 N–H and O–H groups in total. The highest BCUT2D eigenvalue weighted by molar-refractivity contribution is 5.82. The fraction of sp³-hybridized carbons (Fsp3) is 0.389. The van der Waals surface area contributed by atoms with Gasteiger partial charge in [-0.15, -0.1) is 0 Å². The molecule has 0 amide bonds. The summed E-state index contributed by atoms with van der Waals surface area (Å²) in [5, 5.41) is 15.0. The number of nitrogens with zero attached hydrogens (tertiary/aromatic N) is 4. The van der Waals surface area contributed by atoms with E-state index in [1.165, 1.54) is 0 Å². The maximum atomic E-state index is 4.75. The van der Waals surface area contributed by atoms with Crippen LogP contribution in [-0.2, 0) is 0 Å². The van der Waals surface area contributed by atoms with Crippen LogP contribution in [0.25, 0.3) is 10.9 Å². The van der Waals surface area contributed by atoms with Crippen LogP contribution in [0.1, 0.15) is 19.0 Å². The molecule has 0 radical (unpaired) electrons. The lowest BCUT2D eigenvalue weighted by molar-refractivity contribution is 0.582. The first-order valence-electron chi connectivity index (χ1n) is 8.71. The van der Waals surface area contributed by atoms with Gasteiger partial charge in [-0.3, -0.25) is 5.10 Å². The Labute approximate surface area is 146 Å². The zero-order valence-corrected chi connectivity index (χ0v) is 14.6. The van der Waals surface area contributed by atoms with Gasteiger partial charge in [0, 0.05) is 42.0 Å². The fourth-order valence-corrected chi connectivity index (χ4v) is 3.21. The number of hydrogen-bond acceptors (Lipinski definition) is 6. The van der Waals surface area contributed by atoms with Gasteiger partial charge in [-0.1, -0.05) is 0 Å². The van der Waals surface area contributed by atoms with Gasteiger partial charge in [0.25, 0.3) is 0 Å². The summed E-state index contributed by atoms with van der Waals surface area (Å²) in [6.07, 6.45) is 2.92. The van der Waals surface area contributed by atoms with Crippen LogP contribution in [0.2, 0.25) is 0 Å². The molecule has 1 fully saturated rings. The molecular weight excluding hydrogens is 314 g/mol. The van der Waals surface area contributed by atoms with E-state index in [0.29, 0.717) is 6.04 Å². The van der Waals surface area contributed by atoms with Gasteiger partial charge in [0.2, 0.25) is 5.95 Å². The van der Waals surface area contributed by atoms with Crippen LogP contribution in [0.4, 0.5) is 17.5 Å². The number of aryl methyl sites for hydroxylation is 1. The lowest BCUT2D eigenvalue weighted by Crippen LogP contribution is -2.36. The van der Waals surface area contributed by atoms with Crippen molar-refractivity contribution in [3.63, 3.8) is 0 Å². The standard InChI is InChI=1S/C18H23N7/c1-12-8-17(22-15-4-5-16-14(9-15)10-20-24-16)23-18(21-12)25-7-3-6-19-13(2)11-25/h4-5,8-10,13,19H,3,6-7,11H2,1-2H3,(H,20,24)(H,21,22,23). The Morgan fingerprint density at radius 1 is 1.24 bits per heavy atom. The summed E-state index contributed by atoms with van der Waals surface area (Å²) in [4.78, 5) is 11.7. The van der Waals surface area contributed by atoms with E-state index in [4.69, 9.17) is 4.98 Å². The maximum Gasteiger partial charge on any atom is 0.227 e. The molecule has 1 aliphatic rings. The molecule has 25 heavy (non-hydrogen) atoms. The van der Waals surface area contributed by atoms with E-state index in [2.05, 4.69) is 43.7 Å². The lowest BCUT2D eigenvalue weighted by Gasteiger charge is -2.23. The van der Waals surface area contributed by atoms with Gasteiger partial charge >= 0.3 is 0 Å². The monoisotopic (exact) mass is 337 g/mol. The van der Waals surface area contributed by atoms with Gasteiger partial charge in [0.15, 0.2) is 0 Å². The number of fused-ring (bicyclic) bond motifs is 1. The first-order chi connectivity index (χ1) is 12.2. The average molecular weight is 337 g/mol. The Balaban J connectivity index is 1.60. The normalized spacial score (nSPS) is 18.3. The summed E-state index contributed by atoms with van der Waals surface area (Å²) >= 11 is 0. The summed E-state index contributed by atoms with van der Waals surface area (Å²) in [7, 11) is 0. The molecule has 0 aliphatic carbocycles. The quantitative estimate of drug-likeness (QED) is 0.681. The Morgan fingerprint density at radius 3 is 3.08 bits per heavy atom. The summed E-state index contributed by atoms with van der Waals surface area (Å²) in [6.45, 7) is 7.15. The van der Waals surface area contributed by atoms with E-state index in [9.17, 15) is 0 Å². The molecule has 2 aromatic heterocycles. The number of hydrogen-bond donors (Lipinski definition) is 3. The summed E-state index contributed by atoms with van der Waals surface area (Å²) in [6, 6.07) is 8.51. The smallest absolute Gasteiger partial charge is 0.227 e. The van der Waals surface area contributed by atoms with Gasteiger partial charge in [0.1, 0.15) is 5.82 Å². The topological polar surface area (TPSA) is 81.8 Å². The minimum atomic E-state index is 0.437. The molecule has 0 saturated carbocycles. The Kier molecular flexibility index (Phi) is 4.23. The zero-order valence-electron chi connectivity index (χ0n) is 14.6. The van der Waals surface area contributed by atoms with E-state index < -0.39 is 0 Å². The molecule has 4 rings (SSSR count). The molecule has 1 aliphatic heterocycles. The number of nitrogens with one attached hydrogen (secondary N) is 3. The first-order valence-corrected chi connectivity index (χ1v) is 8.71. The SMILES string of the molecule is Cc1cc(Nc2ccc3[nH]ncc3c2)nc(N2CCCNC(C)C2)n1. The Morgan fingerprint density at radius 2 is 2.16 bits per heavy atom. The fourth-order valence-electron chi connectivity index (χ4n) is 3.21. The predicted molar refractivity (Wildman–Crippen MR) is 100 cm³/mol. The van der Waals surface area contributed by atoms with Crippen molar-refractivity contribution in [2.24, 2.45) is 0 Å². The van der Waals surface area contributed by atoms with Gasteiger partial charge in [-0.05, 0) is 45.0 Å². The largest absolute Gasteiger partial charge is 0.340 e. The second kappa shape index (κ2) is 6.68. The molecule has 0 spiro atoms. The second-order valence-corrected chi connectivity index (χ2v) is 6.65. The minimum Gasteiger partial charge on any atom is -0.340 e. The molecule has 3 aromatic rings. The van der Waals surface area contributed by atoms with Crippen molar-refractivity contribution in [2.75, 3.05) is 29.9 Å². The molecular formula is C18H23N7. The van der Waals surface area contributed by atoms with E-state index in [1.54, 1.807) is 0 Å². The Bertz CT molecular complexity index is 873. The average Bonchev–Trinajstić information content (AvgIpc) is 2.94. The maximum absolute atomic E-state index is 4.75. The van der Waals surface area contributed by atoms with E-state index in [0.717, 1.165) is 60.1 Å². The van der Waals surface area contributed by atoms with Crippen LogP contribution in [0.15, 0.2) is 30.5 Å². The van der Waals surface area contributed by atoms with Gasteiger partial charge in [0.05, 0.1) is 11.7 Å². The van der Waals surface area contributed by atoms with Crippen LogP contribution in [0.5, 0.6) is 0 Å². The van der Waals surface area contributed by atoms with Gasteiger partial charge < -0.3 is 15.5 Å². The number of aromatic amines is 1. The third-order valence-corrected chi connectivity index (χ3v) is 4.43. The van der Waals surface area contributed by atoms with Crippen molar-refractivity contribution in [1.82, 2.24) is 25.5 Å². The molecule has 0 bridgehead atoms.